The Labute approximate surface area is 154 Å². The van der Waals surface area contributed by atoms with Crippen molar-refractivity contribution >= 4 is 21.9 Å². The zero-order valence-electron chi connectivity index (χ0n) is 15.3. The van der Waals surface area contributed by atoms with Gasteiger partial charge in [0.2, 0.25) is 10.0 Å². The average Bonchev–Trinajstić information content (AvgIpc) is 2.59. The number of benzene rings is 1. The number of carboxylic acid groups (broad SMARTS) is 1. The van der Waals surface area contributed by atoms with Crippen LogP contribution in [0.5, 0.6) is 0 Å². The summed E-state index contributed by atoms with van der Waals surface area (Å²) in [5.41, 5.74) is 0.225. The molecule has 2 rings (SSSR count). The first kappa shape index (κ1) is 20.4. The van der Waals surface area contributed by atoms with Crippen LogP contribution >= 0.6 is 0 Å². The Morgan fingerprint density at radius 2 is 1.69 bits per heavy atom. The summed E-state index contributed by atoms with van der Waals surface area (Å²) in [6.45, 7) is 6.52. The molecule has 1 amide bonds. The first-order valence-corrected chi connectivity index (χ1v) is 10.2. The SMILES string of the molecule is CC1CCN(S(=O)(=O)c2ccc(C(=O)N[C@@H](C(=O)O)C(C)C)cc2)CC1. The fourth-order valence-corrected chi connectivity index (χ4v) is 4.36. The summed E-state index contributed by atoms with van der Waals surface area (Å²) in [5, 5.41) is 11.6. The lowest BCUT2D eigenvalue weighted by Gasteiger charge is -2.29. The van der Waals surface area contributed by atoms with E-state index in [4.69, 9.17) is 5.11 Å². The number of hydrogen-bond acceptors (Lipinski definition) is 4. The largest absolute Gasteiger partial charge is 0.480 e. The molecule has 1 saturated heterocycles. The first-order chi connectivity index (χ1) is 12.1. The van der Waals surface area contributed by atoms with E-state index in [0.29, 0.717) is 19.0 Å². The molecule has 0 radical (unpaired) electrons. The van der Waals surface area contributed by atoms with E-state index < -0.39 is 27.9 Å². The molecule has 1 aromatic rings. The lowest BCUT2D eigenvalue weighted by Crippen LogP contribution is -2.44. The minimum Gasteiger partial charge on any atom is -0.480 e. The number of hydrogen-bond donors (Lipinski definition) is 2. The molecule has 1 aromatic carbocycles. The zero-order chi connectivity index (χ0) is 19.5. The highest BCUT2D eigenvalue weighted by molar-refractivity contribution is 7.89. The second kappa shape index (κ2) is 8.18. The van der Waals surface area contributed by atoms with Crippen LogP contribution in [-0.2, 0) is 14.8 Å². The van der Waals surface area contributed by atoms with Crippen LogP contribution in [0.2, 0.25) is 0 Å². The topological polar surface area (TPSA) is 104 Å². The molecule has 0 unspecified atom stereocenters. The lowest BCUT2D eigenvalue weighted by atomic mass is 10.0. The maximum atomic E-state index is 12.7. The van der Waals surface area contributed by atoms with Crippen molar-refractivity contribution in [2.24, 2.45) is 11.8 Å². The van der Waals surface area contributed by atoms with Crippen molar-refractivity contribution < 1.29 is 23.1 Å². The normalized spacial score (nSPS) is 17.8. The van der Waals surface area contributed by atoms with Gasteiger partial charge < -0.3 is 10.4 Å². The van der Waals surface area contributed by atoms with Crippen LogP contribution in [0.15, 0.2) is 29.2 Å². The summed E-state index contributed by atoms with van der Waals surface area (Å²) in [6, 6.07) is 4.62. The molecular weight excluding hydrogens is 356 g/mol. The summed E-state index contributed by atoms with van der Waals surface area (Å²) in [4.78, 5) is 23.6. The van der Waals surface area contributed by atoms with Crippen LogP contribution in [0.3, 0.4) is 0 Å². The van der Waals surface area contributed by atoms with Gasteiger partial charge in [-0.1, -0.05) is 20.8 Å². The van der Waals surface area contributed by atoms with Crippen LogP contribution < -0.4 is 5.32 Å². The third-order valence-electron chi connectivity index (χ3n) is 4.72. The van der Waals surface area contributed by atoms with E-state index in [1.165, 1.54) is 28.6 Å². The van der Waals surface area contributed by atoms with Gasteiger partial charge in [0.15, 0.2) is 0 Å². The van der Waals surface area contributed by atoms with Crippen molar-refractivity contribution in [1.29, 1.82) is 0 Å². The number of carbonyl (C=O) groups excluding carboxylic acids is 1. The molecule has 7 nitrogen and oxygen atoms in total. The number of nitrogens with zero attached hydrogens (tertiary/aromatic N) is 1. The van der Waals surface area contributed by atoms with Gasteiger partial charge in [-0.2, -0.15) is 4.31 Å². The summed E-state index contributed by atoms with van der Waals surface area (Å²) < 4.78 is 26.8. The van der Waals surface area contributed by atoms with E-state index in [1.807, 2.05) is 0 Å². The number of sulfonamides is 1. The monoisotopic (exact) mass is 382 g/mol. The van der Waals surface area contributed by atoms with Crippen molar-refractivity contribution in [1.82, 2.24) is 9.62 Å². The Balaban J connectivity index is 2.12. The summed E-state index contributed by atoms with van der Waals surface area (Å²) in [5.74, 6) is -1.39. The van der Waals surface area contributed by atoms with E-state index in [2.05, 4.69) is 12.2 Å². The number of piperidine rings is 1. The third-order valence-corrected chi connectivity index (χ3v) is 6.63. The molecular formula is C18H26N2O5S. The van der Waals surface area contributed by atoms with Crippen molar-refractivity contribution in [3.8, 4) is 0 Å². The number of aliphatic carboxylic acids is 1. The van der Waals surface area contributed by atoms with Gasteiger partial charge in [0.25, 0.3) is 5.91 Å². The molecule has 2 N–H and O–H groups in total. The number of carbonyl (C=O) groups is 2. The Kier molecular flexibility index (Phi) is 6.41. The number of rotatable bonds is 6. The van der Waals surface area contributed by atoms with Crippen LogP contribution in [0.25, 0.3) is 0 Å². The molecule has 0 bridgehead atoms. The van der Waals surface area contributed by atoms with Gasteiger partial charge in [-0.05, 0) is 48.9 Å². The second-order valence-corrected chi connectivity index (χ2v) is 9.08. The van der Waals surface area contributed by atoms with E-state index in [0.717, 1.165) is 12.8 Å². The molecule has 0 aliphatic carbocycles. The van der Waals surface area contributed by atoms with Crippen molar-refractivity contribution in [2.45, 2.75) is 44.6 Å². The Morgan fingerprint density at radius 1 is 1.15 bits per heavy atom. The van der Waals surface area contributed by atoms with Crippen molar-refractivity contribution in [3.05, 3.63) is 29.8 Å². The molecule has 26 heavy (non-hydrogen) atoms. The highest BCUT2D eigenvalue weighted by atomic mass is 32.2. The van der Waals surface area contributed by atoms with Crippen LogP contribution in [0.4, 0.5) is 0 Å². The smallest absolute Gasteiger partial charge is 0.326 e. The first-order valence-electron chi connectivity index (χ1n) is 8.76. The molecule has 1 fully saturated rings. The highest BCUT2D eigenvalue weighted by Gasteiger charge is 2.28. The van der Waals surface area contributed by atoms with Crippen molar-refractivity contribution in [2.75, 3.05) is 13.1 Å². The quantitative estimate of drug-likeness (QED) is 0.783. The highest BCUT2D eigenvalue weighted by Crippen LogP contribution is 2.23. The van der Waals surface area contributed by atoms with Gasteiger partial charge in [0, 0.05) is 18.7 Å². The van der Waals surface area contributed by atoms with Gasteiger partial charge >= 0.3 is 5.97 Å². The number of nitrogens with one attached hydrogen (secondary N) is 1. The number of carboxylic acids is 1. The molecule has 1 atom stereocenters. The Hall–Kier alpha value is -1.93. The van der Waals surface area contributed by atoms with Gasteiger partial charge in [0.05, 0.1) is 4.90 Å². The van der Waals surface area contributed by atoms with Crippen LogP contribution in [0, 0.1) is 11.8 Å². The molecule has 1 heterocycles. The predicted molar refractivity (Wildman–Crippen MR) is 97.3 cm³/mol. The summed E-state index contributed by atoms with van der Waals surface area (Å²) in [7, 11) is -3.57. The minimum atomic E-state index is -3.57. The molecule has 144 valence electrons. The molecule has 0 aromatic heterocycles. The molecule has 1 aliphatic heterocycles. The molecule has 0 saturated carbocycles. The van der Waals surface area contributed by atoms with E-state index in [9.17, 15) is 18.0 Å². The maximum Gasteiger partial charge on any atom is 0.326 e. The summed E-state index contributed by atoms with van der Waals surface area (Å²) in [6.07, 6.45) is 1.68. The second-order valence-electron chi connectivity index (χ2n) is 7.14. The van der Waals surface area contributed by atoms with Gasteiger partial charge in [-0.15, -0.1) is 0 Å². The standard InChI is InChI=1S/C18H26N2O5S/c1-12(2)16(18(22)23)19-17(21)14-4-6-15(7-5-14)26(24,25)20-10-8-13(3)9-11-20/h4-7,12-13,16H,8-11H2,1-3H3,(H,19,21)(H,22,23)/t16-/m1/s1. The van der Waals surface area contributed by atoms with Crippen LogP contribution in [-0.4, -0.2) is 48.8 Å². The molecule has 1 aliphatic rings. The Bertz CT molecular complexity index is 750. The van der Waals surface area contributed by atoms with Crippen LogP contribution in [0.1, 0.15) is 44.0 Å². The molecule has 0 spiro atoms. The van der Waals surface area contributed by atoms with Gasteiger partial charge in [-0.25, -0.2) is 13.2 Å². The maximum absolute atomic E-state index is 12.7. The van der Waals surface area contributed by atoms with Gasteiger partial charge in [0.1, 0.15) is 6.04 Å². The predicted octanol–water partition coefficient (Wildman–Crippen LogP) is 1.95. The number of amides is 1. The van der Waals surface area contributed by atoms with E-state index in [-0.39, 0.29) is 16.4 Å². The van der Waals surface area contributed by atoms with E-state index in [1.54, 1.807) is 13.8 Å². The van der Waals surface area contributed by atoms with Crippen molar-refractivity contribution in [3.63, 3.8) is 0 Å². The Morgan fingerprint density at radius 3 is 2.15 bits per heavy atom. The average molecular weight is 382 g/mol. The fraction of sp³-hybridized carbons (Fsp3) is 0.556. The molecule has 8 heteroatoms. The zero-order valence-corrected chi connectivity index (χ0v) is 16.1. The van der Waals surface area contributed by atoms with E-state index >= 15 is 0 Å². The third kappa shape index (κ3) is 4.62. The lowest BCUT2D eigenvalue weighted by molar-refractivity contribution is -0.140. The fourth-order valence-electron chi connectivity index (χ4n) is 2.89. The summed E-state index contributed by atoms with van der Waals surface area (Å²) >= 11 is 0. The minimum absolute atomic E-state index is 0.141. The van der Waals surface area contributed by atoms with Gasteiger partial charge in [-0.3, -0.25) is 4.79 Å².